The topological polar surface area (TPSA) is 41.6 Å². The van der Waals surface area contributed by atoms with E-state index in [0.29, 0.717) is 12.3 Å². The van der Waals surface area contributed by atoms with Crippen LogP contribution >= 0.6 is 15.9 Å². The number of carbonyl (C=O) groups is 1. The van der Waals surface area contributed by atoms with E-state index in [4.69, 9.17) is 4.74 Å². The van der Waals surface area contributed by atoms with Crippen LogP contribution < -0.4 is 15.0 Å². The van der Waals surface area contributed by atoms with Gasteiger partial charge in [0.2, 0.25) is 5.91 Å². The van der Waals surface area contributed by atoms with E-state index in [1.54, 1.807) is 19.1 Å². The predicted octanol–water partition coefficient (Wildman–Crippen LogP) is 2.03. The lowest BCUT2D eigenvalue weighted by molar-refractivity contribution is -0.117. The maximum Gasteiger partial charge on any atom is 0.240 e. The molecule has 0 bridgehead atoms. The maximum atomic E-state index is 11.9. The highest BCUT2D eigenvalue weighted by molar-refractivity contribution is 9.10. The molecule has 1 aromatic carbocycles. The van der Waals surface area contributed by atoms with E-state index in [0.717, 1.165) is 16.7 Å². The Kier molecular flexibility index (Phi) is 5.44. The van der Waals surface area contributed by atoms with Crippen molar-refractivity contribution in [3.05, 3.63) is 22.7 Å². The Balaban J connectivity index is 2.90. The van der Waals surface area contributed by atoms with Gasteiger partial charge >= 0.3 is 0 Å². The summed E-state index contributed by atoms with van der Waals surface area (Å²) in [5.74, 6) is 0.684. The van der Waals surface area contributed by atoms with Crippen molar-refractivity contribution < 1.29 is 9.53 Å². The standard InChI is InChI=1S/C12H17BrN2O2/c1-4-14-8-12(16)15(2)10-7-9(13)5-6-11(10)17-3/h5-7,14H,4,8H2,1-3H3. The molecule has 0 saturated carbocycles. The van der Waals surface area contributed by atoms with Crippen LogP contribution in [-0.2, 0) is 4.79 Å². The summed E-state index contributed by atoms with van der Waals surface area (Å²) in [7, 11) is 3.33. The summed E-state index contributed by atoms with van der Waals surface area (Å²) in [5, 5.41) is 3.01. The monoisotopic (exact) mass is 300 g/mol. The predicted molar refractivity (Wildman–Crippen MR) is 72.6 cm³/mol. The van der Waals surface area contributed by atoms with E-state index in [-0.39, 0.29) is 5.91 Å². The van der Waals surface area contributed by atoms with Gasteiger partial charge in [-0.1, -0.05) is 22.9 Å². The molecular formula is C12H17BrN2O2. The van der Waals surface area contributed by atoms with Gasteiger partial charge in [0.25, 0.3) is 0 Å². The Morgan fingerprint density at radius 3 is 2.82 bits per heavy atom. The van der Waals surface area contributed by atoms with Crippen LogP contribution in [0, 0.1) is 0 Å². The average molecular weight is 301 g/mol. The highest BCUT2D eigenvalue weighted by Gasteiger charge is 2.14. The van der Waals surface area contributed by atoms with Crippen molar-refractivity contribution in [2.75, 3.05) is 32.1 Å². The van der Waals surface area contributed by atoms with Crippen LogP contribution in [0.4, 0.5) is 5.69 Å². The highest BCUT2D eigenvalue weighted by atomic mass is 79.9. The van der Waals surface area contributed by atoms with E-state index in [1.807, 2.05) is 25.1 Å². The molecule has 0 atom stereocenters. The van der Waals surface area contributed by atoms with Crippen molar-refractivity contribution in [2.24, 2.45) is 0 Å². The molecule has 1 N–H and O–H groups in total. The van der Waals surface area contributed by atoms with Gasteiger partial charge in [-0.25, -0.2) is 0 Å². The van der Waals surface area contributed by atoms with Crippen molar-refractivity contribution in [3.8, 4) is 5.75 Å². The first-order valence-corrected chi connectivity index (χ1v) is 6.20. The van der Waals surface area contributed by atoms with Gasteiger partial charge in [-0.15, -0.1) is 0 Å². The number of nitrogens with zero attached hydrogens (tertiary/aromatic N) is 1. The molecule has 0 aromatic heterocycles. The van der Waals surface area contributed by atoms with Crippen LogP contribution in [-0.4, -0.2) is 33.2 Å². The quantitative estimate of drug-likeness (QED) is 0.905. The zero-order valence-electron chi connectivity index (χ0n) is 10.3. The molecule has 0 unspecified atom stereocenters. The lowest BCUT2D eigenvalue weighted by Gasteiger charge is -2.20. The van der Waals surface area contributed by atoms with Crippen molar-refractivity contribution in [1.82, 2.24) is 5.32 Å². The second-order valence-corrected chi connectivity index (χ2v) is 4.46. The summed E-state index contributed by atoms with van der Waals surface area (Å²) in [6.07, 6.45) is 0. The molecule has 4 nitrogen and oxygen atoms in total. The fraction of sp³-hybridized carbons (Fsp3) is 0.417. The molecule has 5 heteroatoms. The third-order valence-electron chi connectivity index (χ3n) is 2.40. The number of hydrogen-bond acceptors (Lipinski definition) is 3. The first-order chi connectivity index (χ1) is 8.10. The van der Waals surface area contributed by atoms with Crippen LogP contribution in [0.15, 0.2) is 22.7 Å². The number of carbonyl (C=O) groups excluding carboxylic acids is 1. The fourth-order valence-corrected chi connectivity index (χ4v) is 1.76. The van der Waals surface area contributed by atoms with Crippen molar-refractivity contribution >= 4 is 27.5 Å². The maximum absolute atomic E-state index is 11.9. The highest BCUT2D eigenvalue weighted by Crippen LogP contribution is 2.30. The summed E-state index contributed by atoms with van der Waals surface area (Å²) in [4.78, 5) is 13.5. The Bertz CT molecular complexity index is 396. The summed E-state index contributed by atoms with van der Waals surface area (Å²) < 4.78 is 6.15. The van der Waals surface area contributed by atoms with Crippen LogP contribution in [0.1, 0.15) is 6.92 Å². The summed E-state index contributed by atoms with van der Waals surface area (Å²) >= 11 is 3.39. The molecule has 17 heavy (non-hydrogen) atoms. The number of ether oxygens (including phenoxy) is 1. The van der Waals surface area contributed by atoms with E-state index in [2.05, 4.69) is 21.2 Å². The Morgan fingerprint density at radius 1 is 1.53 bits per heavy atom. The Labute approximate surface area is 110 Å². The SMILES string of the molecule is CCNCC(=O)N(C)c1cc(Br)ccc1OC. The van der Waals surface area contributed by atoms with Gasteiger partial charge in [0, 0.05) is 11.5 Å². The molecule has 0 saturated heterocycles. The second-order valence-electron chi connectivity index (χ2n) is 3.55. The van der Waals surface area contributed by atoms with Gasteiger partial charge in [-0.3, -0.25) is 4.79 Å². The average Bonchev–Trinajstić information content (AvgIpc) is 2.34. The summed E-state index contributed by atoms with van der Waals surface area (Å²) in [5.41, 5.74) is 0.754. The first-order valence-electron chi connectivity index (χ1n) is 5.41. The minimum absolute atomic E-state index is 0.00301. The van der Waals surface area contributed by atoms with Crippen molar-refractivity contribution in [2.45, 2.75) is 6.92 Å². The molecule has 1 rings (SSSR count). The zero-order valence-corrected chi connectivity index (χ0v) is 11.9. The first kappa shape index (κ1) is 14.0. The lowest BCUT2D eigenvalue weighted by atomic mass is 10.2. The van der Waals surface area contributed by atoms with Gasteiger partial charge in [-0.2, -0.15) is 0 Å². The molecule has 0 fully saturated rings. The van der Waals surface area contributed by atoms with Gasteiger partial charge in [-0.05, 0) is 24.7 Å². The molecular weight excluding hydrogens is 284 g/mol. The minimum atomic E-state index is 0.00301. The van der Waals surface area contributed by atoms with Gasteiger partial charge in [0.1, 0.15) is 5.75 Å². The van der Waals surface area contributed by atoms with Crippen LogP contribution in [0.2, 0.25) is 0 Å². The number of halogens is 1. The third kappa shape index (κ3) is 3.71. The molecule has 0 spiro atoms. The van der Waals surface area contributed by atoms with Crippen LogP contribution in [0.25, 0.3) is 0 Å². The number of methoxy groups -OCH3 is 1. The molecule has 94 valence electrons. The third-order valence-corrected chi connectivity index (χ3v) is 2.90. The van der Waals surface area contributed by atoms with E-state index < -0.39 is 0 Å². The van der Waals surface area contributed by atoms with Gasteiger partial charge < -0.3 is 15.0 Å². The Morgan fingerprint density at radius 2 is 2.24 bits per heavy atom. The smallest absolute Gasteiger partial charge is 0.240 e. The van der Waals surface area contributed by atoms with Crippen LogP contribution in [0.5, 0.6) is 5.75 Å². The number of amides is 1. The van der Waals surface area contributed by atoms with E-state index in [9.17, 15) is 4.79 Å². The lowest BCUT2D eigenvalue weighted by Crippen LogP contribution is -2.35. The largest absolute Gasteiger partial charge is 0.495 e. The van der Waals surface area contributed by atoms with Gasteiger partial charge in [0.05, 0.1) is 19.3 Å². The number of likely N-dealkylation sites (N-methyl/N-ethyl adjacent to an activating group) is 2. The normalized spacial score (nSPS) is 10.1. The minimum Gasteiger partial charge on any atom is -0.495 e. The molecule has 0 radical (unpaired) electrons. The summed E-state index contributed by atoms with van der Waals surface area (Å²) in [6, 6.07) is 5.57. The number of hydrogen-bond donors (Lipinski definition) is 1. The molecule has 1 aromatic rings. The molecule has 0 aliphatic heterocycles. The van der Waals surface area contributed by atoms with Crippen LogP contribution in [0.3, 0.4) is 0 Å². The summed E-state index contributed by atoms with van der Waals surface area (Å²) in [6.45, 7) is 3.06. The van der Waals surface area contributed by atoms with E-state index in [1.165, 1.54) is 0 Å². The van der Waals surface area contributed by atoms with Crippen molar-refractivity contribution in [1.29, 1.82) is 0 Å². The molecule has 0 heterocycles. The molecule has 0 aliphatic rings. The fourth-order valence-electron chi connectivity index (χ4n) is 1.41. The number of nitrogens with one attached hydrogen (secondary N) is 1. The molecule has 0 aliphatic carbocycles. The second kappa shape index (κ2) is 6.61. The molecule has 1 amide bonds. The Hall–Kier alpha value is -1.07. The number of benzene rings is 1. The number of anilines is 1. The zero-order chi connectivity index (χ0) is 12.8. The van der Waals surface area contributed by atoms with Gasteiger partial charge in [0.15, 0.2) is 0 Å². The van der Waals surface area contributed by atoms with E-state index >= 15 is 0 Å². The number of rotatable bonds is 5. The van der Waals surface area contributed by atoms with Crippen molar-refractivity contribution in [3.63, 3.8) is 0 Å².